The van der Waals surface area contributed by atoms with Gasteiger partial charge in [0, 0.05) is 25.0 Å². The first-order valence-corrected chi connectivity index (χ1v) is 3.44. The maximum absolute atomic E-state index is 4.65. The van der Waals surface area contributed by atoms with Crippen LogP contribution < -0.4 is 0 Å². The molecule has 3 nitrogen and oxygen atoms in total. The molecule has 11 heavy (non-hydrogen) atoms. The average Bonchev–Trinajstić information content (AvgIpc) is 2.36. The Morgan fingerprint density at radius 1 is 1.64 bits per heavy atom. The average molecular weight is 152 g/mol. The highest BCUT2D eigenvalue weighted by molar-refractivity contribution is 5.98. The van der Waals surface area contributed by atoms with E-state index in [0.29, 0.717) is 0 Å². The van der Waals surface area contributed by atoms with Crippen LogP contribution in [-0.4, -0.2) is 17.4 Å². The monoisotopic (exact) mass is 152 g/mol. The molecule has 0 aliphatic rings. The largest absolute Gasteiger partial charge is 0.399 e. The highest BCUT2D eigenvalue weighted by atomic mass is 16.6. The van der Waals surface area contributed by atoms with E-state index in [2.05, 4.69) is 9.99 Å². The van der Waals surface area contributed by atoms with Gasteiger partial charge in [0.25, 0.3) is 0 Å². The summed E-state index contributed by atoms with van der Waals surface area (Å²) < 4.78 is 1.98. The lowest BCUT2D eigenvalue weighted by molar-refractivity contribution is 0.213. The SMILES string of the molecule is CO/N=C(\C)c1ccn(C)c1. The van der Waals surface area contributed by atoms with Gasteiger partial charge in [0.05, 0.1) is 5.71 Å². The van der Waals surface area contributed by atoms with Crippen LogP contribution in [0.3, 0.4) is 0 Å². The summed E-state index contributed by atoms with van der Waals surface area (Å²) in [5.74, 6) is 0. The Balaban J connectivity index is 2.84. The van der Waals surface area contributed by atoms with Gasteiger partial charge in [-0.15, -0.1) is 0 Å². The molecule has 3 heteroatoms. The van der Waals surface area contributed by atoms with Crippen LogP contribution in [0.4, 0.5) is 0 Å². The summed E-state index contributed by atoms with van der Waals surface area (Å²) in [5.41, 5.74) is 1.99. The van der Waals surface area contributed by atoms with E-state index in [1.165, 1.54) is 0 Å². The lowest BCUT2D eigenvalue weighted by atomic mass is 10.2. The summed E-state index contributed by atoms with van der Waals surface area (Å²) in [6, 6.07) is 2.00. The van der Waals surface area contributed by atoms with Crippen LogP contribution in [0.15, 0.2) is 23.6 Å². The Kier molecular flexibility index (Phi) is 2.31. The molecule has 0 unspecified atom stereocenters. The number of aromatic nitrogens is 1. The number of hydrogen-bond donors (Lipinski definition) is 0. The van der Waals surface area contributed by atoms with Gasteiger partial charge in [-0.25, -0.2) is 0 Å². The van der Waals surface area contributed by atoms with E-state index >= 15 is 0 Å². The molecule has 0 fully saturated rings. The number of aryl methyl sites for hydroxylation is 1. The van der Waals surface area contributed by atoms with Gasteiger partial charge < -0.3 is 9.40 Å². The normalized spacial score (nSPS) is 11.7. The van der Waals surface area contributed by atoms with Crippen LogP contribution >= 0.6 is 0 Å². The predicted molar refractivity (Wildman–Crippen MR) is 44.6 cm³/mol. The quantitative estimate of drug-likeness (QED) is 0.464. The Hall–Kier alpha value is -1.25. The van der Waals surface area contributed by atoms with Crippen molar-refractivity contribution in [2.24, 2.45) is 12.2 Å². The summed E-state index contributed by atoms with van der Waals surface area (Å²) in [6.45, 7) is 1.92. The molecule has 0 radical (unpaired) electrons. The molecule has 0 aliphatic carbocycles. The van der Waals surface area contributed by atoms with Gasteiger partial charge in [-0.05, 0) is 13.0 Å². The molecular weight excluding hydrogens is 140 g/mol. The van der Waals surface area contributed by atoms with Crippen LogP contribution in [-0.2, 0) is 11.9 Å². The second-order valence-electron chi connectivity index (χ2n) is 2.42. The molecule has 0 spiro atoms. The third kappa shape index (κ3) is 1.83. The van der Waals surface area contributed by atoms with Crippen molar-refractivity contribution in [2.45, 2.75) is 6.92 Å². The molecule has 1 heterocycles. The highest BCUT2D eigenvalue weighted by Crippen LogP contribution is 2.01. The highest BCUT2D eigenvalue weighted by Gasteiger charge is 1.97. The van der Waals surface area contributed by atoms with E-state index < -0.39 is 0 Å². The molecule has 0 aliphatic heterocycles. The Morgan fingerprint density at radius 2 is 2.36 bits per heavy atom. The van der Waals surface area contributed by atoms with Crippen molar-refractivity contribution in [1.82, 2.24) is 4.57 Å². The van der Waals surface area contributed by atoms with Crippen molar-refractivity contribution in [3.63, 3.8) is 0 Å². The van der Waals surface area contributed by atoms with Gasteiger partial charge in [0.1, 0.15) is 7.11 Å². The zero-order valence-corrected chi connectivity index (χ0v) is 7.03. The first-order valence-electron chi connectivity index (χ1n) is 3.44. The zero-order valence-electron chi connectivity index (χ0n) is 7.03. The summed E-state index contributed by atoms with van der Waals surface area (Å²) in [7, 11) is 3.52. The number of nitrogens with zero attached hydrogens (tertiary/aromatic N) is 2. The maximum Gasteiger partial charge on any atom is 0.106 e. The number of oxime groups is 1. The molecule has 0 N–H and O–H groups in total. The summed E-state index contributed by atoms with van der Waals surface area (Å²) in [6.07, 6.45) is 3.97. The van der Waals surface area contributed by atoms with E-state index in [0.717, 1.165) is 11.3 Å². The Labute approximate surface area is 66.3 Å². The third-order valence-electron chi connectivity index (χ3n) is 1.48. The first-order chi connectivity index (χ1) is 5.24. The lowest BCUT2D eigenvalue weighted by Gasteiger charge is -1.93. The summed E-state index contributed by atoms with van der Waals surface area (Å²) >= 11 is 0. The van der Waals surface area contributed by atoms with Crippen molar-refractivity contribution >= 4 is 5.71 Å². The third-order valence-corrected chi connectivity index (χ3v) is 1.48. The zero-order chi connectivity index (χ0) is 8.27. The van der Waals surface area contributed by atoms with Crippen LogP contribution in [0.25, 0.3) is 0 Å². The molecule has 0 saturated heterocycles. The molecule has 0 atom stereocenters. The fraction of sp³-hybridized carbons (Fsp3) is 0.375. The number of rotatable bonds is 2. The minimum absolute atomic E-state index is 0.896. The van der Waals surface area contributed by atoms with E-state index in [1.54, 1.807) is 7.11 Å². The molecule has 0 amide bonds. The van der Waals surface area contributed by atoms with Crippen LogP contribution in [0.5, 0.6) is 0 Å². The van der Waals surface area contributed by atoms with Gasteiger partial charge in [0.2, 0.25) is 0 Å². The minimum atomic E-state index is 0.896. The van der Waals surface area contributed by atoms with Crippen molar-refractivity contribution < 1.29 is 4.84 Å². The van der Waals surface area contributed by atoms with Gasteiger partial charge in [0.15, 0.2) is 0 Å². The molecular formula is C8H12N2O. The van der Waals surface area contributed by atoms with Crippen molar-refractivity contribution in [3.05, 3.63) is 24.0 Å². The van der Waals surface area contributed by atoms with Gasteiger partial charge in [-0.3, -0.25) is 0 Å². The van der Waals surface area contributed by atoms with Gasteiger partial charge in [-0.1, -0.05) is 5.16 Å². The fourth-order valence-corrected chi connectivity index (χ4v) is 0.907. The molecule has 1 aromatic rings. The van der Waals surface area contributed by atoms with Gasteiger partial charge >= 0.3 is 0 Å². The summed E-state index contributed by atoms with van der Waals surface area (Å²) in [4.78, 5) is 4.65. The second-order valence-corrected chi connectivity index (χ2v) is 2.42. The van der Waals surface area contributed by atoms with Crippen molar-refractivity contribution in [2.75, 3.05) is 7.11 Å². The van der Waals surface area contributed by atoms with Crippen LogP contribution in [0, 0.1) is 0 Å². The fourth-order valence-electron chi connectivity index (χ4n) is 0.907. The number of hydrogen-bond acceptors (Lipinski definition) is 2. The van der Waals surface area contributed by atoms with E-state index in [1.807, 2.05) is 37.0 Å². The Bertz CT molecular complexity index is 263. The predicted octanol–water partition coefficient (Wildman–Crippen LogP) is 1.40. The van der Waals surface area contributed by atoms with Crippen LogP contribution in [0.2, 0.25) is 0 Å². The Morgan fingerprint density at radius 3 is 2.82 bits per heavy atom. The second kappa shape index (κ2) is 3.23. The molecule has 60 valence electrons. The maximum atomic E-state index is 4.65. The van der Waals surface area contributed by atoms with Crippen molar-refractivity contribution in [1.29, 1.82) is 0 Å². The smallest absolute Gasteiger partial charge is 0.106 e. The van der Waals surface area contributed by atoms with Crippen LogP contribution in [0.1, 0.15) is 12.5 Å². The lowest BCUT2D eigenvalue weighted by Crippen LogP contribution is -1.92. The topological polar surface area (TPSA) is 26.5 Å². The van der Waals surface area contributed by atoms with Crippen molar-refractivity contribution in [3.8, 4) is 0 Å². The van der Waals surface area contributed by atoms with E-state index in [-0.39, 0.29) is 0 Å². The van der Waals surface area contributed by atoms with E-state index in [4.69, 9.17) is 0 Å². The first kappa shape index (κ1) is 7.85. The van der Waals surface area contributed by atoms with Gasteiger partial charge in [-0.2, -0.15) is 0 Å². The molecule has 1 rings (SSSR count). The molecule has 0 saturated carbocycles. The molecule has 0 bridgehead atoms. The standard InChI is InChI=1S/C8H12N2O/c1-7(9-11-3)8-4-5-10(2)6-8/h4-6H,1-3H3/b9-7+. The molecule has 1 aromatic heterocycles. The van der Waals surface area contributed by atoms with E-state index in [9.17, 15) is 0 Å². The molecule has 0 aromatic carbocycles. The minimum Gasteiger partial charge on any atom is -0.399 e. The summed E-state index contributed by atoms with van der Waals surface area (Å²) in [5, 5.41) is 3.81.